The fourth-order valence-corrected chi connectivity index (χ4v) is 0.452. The Kier molecular flexibility index (Phi) is 3.52. The highest BCUT2D eigenvalue weighted by molar-refractivity contribution is 7.97. The van der Waals surface area contributed by atoms with Gasteiger partial charge < -0.3 is 11.5 Å². The summed E-state index contributed by atoms with van der Waals surface area (Å²) in [6.07, 6.45) is 0. The molecule has 0 unspecified atom stereocenters. The number of nitrogens with zero attached hydrogens (tertiary/aromatic N) is 2. The zero-order chi connectivity index (χ0) is 7.28. The smallest absolute Gasteiger partial charge is 0.269 e. The van der Waals surface area contributed by atoms with Crippen LogP contribution in [0.1, 0.15) is 0 Å². The third-order valence-corrected chi connectivity index (χ3v) is 0.999. The average molecular weight is 150 g/mol. The Hall–Kier alpha value is -0.980. The fourth-order valence-electron chi connectivity index (χ4n) is 0.151. The average Bonchev–Trinajstić information content (AvgIpc) is 1.63. The molecule has 0 aliphatic rings. The van der Waals surface area contributed by atoms with Gasteiger partial charge in [-0.25, -0.2) is 0 Å². The summed E-state index contributed by atoms with van der Waals surface area (Å²) in [6, 6.07) is 0. The SMILES string of the molecule is NC(N)=NSC[N+](=O)[O-]. The minimum atomic E-state index is -0.517. The Morgan fingerprint density at radius 3 is 2.67 bits per heavy atom. The molecule has 0 aromatic heterocycles. The Morgan fingerprint density at radius 1 is 1.78 bits per heavy atom. The molecule has 0 saturated carbocycles. The van der Waals surface area contributed by atoms with Gasteiger partial charge in [0.15, 0.2) is 5.96 Å². The number of hydrogen-bond donors (Lipinski definition) is 2. The quantitative estimate of drug-likeness (QED) is 0.136. The molecule has 0 aromatic carbocycles. The van der Waals surface area contributed by atoms with Gasteiger partial charge in [-0.3, -0.25) is 10.1 Å². The van der Waals surface area contributed by atoms with Crippen molar-refractivity contribution in [1.82, 2.24) is 0 Å². The van der Waals surface area contributed by atoms with E-state index in [9.17, 15) is 10.1 Å². The maximum atomic E-state index is 9.61. The monoisotopic (exact) mass is 150 g/mol. The van der Waals surface area contributed by atoms with Gasteiger partial charge in [-0.15, -0.1) is 0 Å². The first-order chi connectivity index (χ1) is 4.13. The molecular weight excluding hydrogens is 144 g/mol. The van der Waals surface area contributed by atoms with Gasteiger partial charge in [-0.05, 0) is 0 Å². The van der Waals surface area contributed by atoms with Gasteiger partial charge in [0.1, 0.15) is 0 Å². The molecule has 0 aromatic rings. The summed E-state index contributed by atoms with van der Waals surface area (Å²) in [5.41, 5.74) is 9.73. The van der Waals surface area contributed by atoms with E-state index in [1.165, 1.54) is 0 Å². The topological polar surface area (TPSA) is 108 Å². The van der Waals surface area contributed by atoms with Crippen molar-refractivity contribution < 1.29 is 4.92 Å². The van der Waals surface area contributed by atoms with Crippen LogP contribution in [0.15, 0.2) is 4.40 Å². The maximum absolute atomic E-state index is 9.61. The lowest BCUT2D eigenvalue weighted by Gasteiger charge is -1.86. The van der Waals surface area contributed by atoms with Crippen LogP contribution in [0.3, 0.4) is 0 Å². The molecule has 0 aliphatic carbocycles. The van der Waals surface area contributed by atoms with Crippen LogP contribution in [0.4, 0.5) is 0 Å². The molecule has 0 spiro atoms. The number of nitro groups is 1. The number of guanidine groups is 1. The van der Waals surface area contributed by atoms with Gasteiger partial charge in [-0.2, -0.15) is 4.40 Å². The van der Waals surface area contributed by atoms with Crippen LogP contribution < -0.4 is 11.5 Å². The van der Waals surface area contributed by atoms with E-state index in [0.29, 0.717) is 11.9 Å². The Labute approximate surface area is 55.6 Å². The second-order valence-corrected chi connectivity index (χ2v) is 1.81. The zero-order valence-electron chi connectivity index (χ0n) is 4.48. The molecule has 0 aliphatic heterocycles. The first-order valence-electron chi connectivity index (χ1n) is 1.95. The molecule has 9 heavy (non-hydrogen) atoms. The third-order valence-electron chi connectivity index (χ3n) is 0.333. The van der Waals surface area contributed by atoms with E-state index in [-0.39, 0.29) is 11.8 Å². The molecule has 6 nitrogen and oxygen atoms in total. The largest absolute Gasteiger partial charge is 0.369 e. The molecule has 0 rings (SSSR count). The second-order valence-electron chi connectivity index (χ2n) is 1.11. The van der Waals surface area contributed by atoms with Crippen LogP contribution in [0.5, 0.6) is 0 Å². The predicted octanol–water partition coefficient (Wildman–Crippen LogP) is -0.858. The summed E-state index contributed by atoms with van der Waals surface area (Å²) in [6.45, 7) is 0. The fraction of sp³-hybridized carbons (Fsp3) is 0.500. The van der Waals surface area contributed by atoms with Crippen molar-refractivity contribution in [3.63, 3.8) is 0 Å². The van der Waals surface area contributed by atoms with E-state index in [2.05, 4.69) is 4.40 Å². The summed E-state index contributed by atoms with van der Waals surface area (Å²) < 4.78 is 3.31. The molecule has 0 amide bonds. The standard InChI is InChI=1S/C2H6N4O2S/c3-2(4)5-9-1-6(7)8/h1H2,(H4,3,4,5). The van der Waals surface area contributed by atoms with E-state index >= 15 is 0 Å². The van der Waals surface area contributed by atoms with Crippen molar-refractivity contribution in [3.05, 3.63) is 10.1 Å². The summed E-state index contributed by atoms with van der Waals surface area (Å²) >= 11 is 0.708. The lowest BCUT2D eigenvalue weighted by molar-refractivity contribution is -0.456. The highest BCUT2D eigenvalue weighted by Crippen LogP contribution is 1.98. The molecule has 0 saturated heterocycles. The van der Waals surface area contributed by atoms with Crippen LogP contribution in [0.2, 0.25) is 0 Å². The highest BCUT2D eigenvalue weighted by Gasteiger charge is 1.93. The summed E-state index contributed by atoms with van der Waals surface area (Å²) in [5, 5.41) is 9.61. The molecule has 0 atom stereocenters. The lowest BCUT2D eigenvalue weighted by atomic mass is 11.1. The molecule has 0 fully saturated rings. The Bertz CT molecular complexity index is 131. The molecule has 0 bridgehead atoms. The van der Waals surface area contributed by atoms with Crippen LogP contribution >= 0.6 is 11.9 Å². The van der Waals surface area contributed by atoms with E-state index < -0.39 is 4.92 Å². The van der Waals surface area contributed by atoms with Crippen LogP contribution in [-0.2, 0) is 0 Å². The molecule has 52 valence electrons. The molecule has 0 radical (unpaired) electrons. The summed E-state index contributed by atoms with van der Waals surface area (Å²) in [4.78, 5) is 9.10. The van der Waals surface area contributed by atoms with Crippen LogP contribution in [0.25, 0.3) is 0 Å². The minimum absolute atomic E-state index is 0.151. The predicted molar refractivity (Wildman–Crippen MR) is 35.3 cm³/mol. The number of rotatable bonds is 3. The molecule has 7 heteroatoms. The van der Waals surface area contributed by atoms with Crippen molar-refractivity contribution >= 4 is 17.9 Å². The van der Waals surface area contributed by atoms with Crippen LogP contribution in [0, 0.1) is 10.1 Å². The second kappa shape index (κ2) is 3.96. The minimum Gasteiger partial charge on any atom is -0.369 e. The summed E-state index contributed by atoms with van der Waals surface area (Å²) in [5.74, 6) is -0.459. The van der Waals surface area contributed by atoms with E-state index in [1.54, 1.807) is 0 Å². The zero-order valence-corrected chi connectivity index (χ0v) is 5.30. The lowest BCUT2D eigenvalue weighted by Crippen LogP contribution is -2.21. The van der Waals surface area contributed by atoms with Gasteiger partial charge in [0.25, 0.3) is 5.88 Å². The third kappa shape index (κ3) is 7.02. The van der Waals surface area contributed by atoms with Gasteiger partial charge in [0.2, 0.25) is 0 Å². The number of hydrogen-bond acceptors (Lipinski definition) is 4. The van der Waals surface area contributed by atoms with Crippen molar-refractivity contribution in [2.45, 2.75) is 0 Å². The van der Waals surface area contributed by atoms with Crippen molar-refractivity contribution in [3.8, 4) is 0 Å². The van der Waals surface area contributed by atoms with E-state index in [4.69, 9.17) is 11.5 Å². The first-order valence-corrected chi connectivity index (χ1v) is 2.90. The van der Waals surface area contributed by atoms with Gasteiger partial charge in [-0.1, -0.05) is 0 Å². The van der Waals surface area contributed by atoms with Crippen molar-refractivity contribution in [1.29, 1.82) is 0 Å². The number of nitrogens with two attached hydrogens (primary N) is 2. The van der Waals surface area contributed by atoms with Gasteiger partial charge in [0, 0.05) is 4.92 Å². The van der Waals surface area contributed by atoms with Crippen molar-refractivity contribution in [2.24, 2.45) is 15.9 Å². The molecule has 4 N–H and O–H groups in total. The summed E-state index contributed by atoms with van der Waals surface area (Å²) in [7, 11) is 0. The normalized spacial score (nSPS) is 8.44. The Morgan fingerprint density at radius 2 is 2.33 bits per heavy atom. The van der Waals surface area contributed by atoms with Gasteiger partial charge in [0.05, 0.1) is 11.9 Å². The maximum Gasteiger partial charge on any atom is 0.269 e. The van der Waals surface area contributed by atoms with E-state index in [1.807, 2.05) is 0 Å². The first kappa shape index (κ1) is 8.02. The van der Waals surface area contributed by atoms with E-state index in [0.717, 1.165) is 0 Å². The van der Waals surface area contributed by atoms with Gasteiger partial charge >= 0.3 is 0 Å². The molecule has 0 heterocycles. The van der Waals surface area contributed by atoms with Crippen molar-refractivity contribution in [2.75, 3.05) is 5.88 Å². The highest BCUT2D eigenvalue weighted by atomic mass is 32.2. The van der Waals surface area contributed by atoms with Crippen LogP contribution in [-0.4, -0.2) is 16.8 Å². The Balaban J connectivity index is 3.31. The molecular formula is C2H6N4O2S.